The lowest BCUT2D eigenvalue weighted by atomic mass is 10.1. The average molecular weight is 222 g/mol. The number of nitrogens with one attached hydrogen (secondary N) is 1. The van der Waals surface area contributed by atoms with Crippen molar-refractivity contribution >= 4 is 0 Å². The summed E-state index contributed by atoms with van der Waals surface area (Å²) >= 11 is 0. The van der Waals surface area contributed by atoms with E-state index in [1.54, 1.807) is 0 Å². The van der Waals surface area contributed by atoms with Gasteiger partial charge in [0.2, 0.25) is 0 Å². The van der Waals surface area contributed by atoms with Crippen molar-refractivity contribution in [3.8, 4) is 0 Å². The molecule has 0 aliphatic carbocycles. The fourth-order valence-electron chi connectivity index (χ4n) is 1.58. The molecule has 1 atom stereocenters. The summed E-state index contributed by atoms with van der Waals surface area (Å²) in [6.07, 6.45) is 9.56. The minimum Gasteiger partial charge on any atom is -0.349 e. The Bertz CT molecular complexity index is 241. The molecule has 16 heavy (non-hydrogen) atoms. The van der Waals surface area contributed by atoms with Crippen LogP contribution >= 0.6 is 0 Å². The largest absolute Gasteiger partial charge is 0.349 e. The first-order chi connectivity index (χ1) is 7.69. The topological polar surface area (TPSA) is 15.3 Å². The minimum absolute atomic E-state index is 0.549. The van der Waals surface area contributed by atoms with E-state index in [0.717, 1.165) is 19.5 Å². The molecular formula is C14H26N2. The first-order valence-electron chi connectivity index (χ1n) is 6.07. The van der Waals surface area contributed by atoms with Gasteiger partial charge in [-0.3, -0.25) is 0 Å². The number of allylic oxidation sites excluding steroid dienone is 2. The first-order valence-corrected chi connectivity index (χ1v) is 6.07. The summed E-state index contributed by atoms with van der Waals surface area (Å²) in [4.78, 5) is 2.18. The van der Waals surface area contributed by atoms with Gasteiger partial charge in [-0.1, -0.05) is 32.6 Å². The number of nitrogens with zero attached hydrogens (tertiary/aromatic N) is 1. The zero-order valence-electron chi connectivity index (χ0n) is 11.2. The maximum absolute atomic E-state index is 3.85. The minimum atomic E-state index is 0.549. The van der Waals surface area contributed by atoms with Gasteiger partial charge in [0.1, 0.15) is 0 Å². The van der Waals surface area contributed by atoms with Crippen molar-refractivity contribution < 1.29 is 0 Å². The molecule has 0 rings (SSSR count). The lowest BCUT2D eigenvalue weighted by Crippen LogP contribution is -2.17. The Kier molecular flexibility index (Phi) is 8.64. The molecule has 1 unspecified atom stereocenters. The van der Waals surface area contributed by atoms with E-state index >= 15 is 0 Å². The lowest BCUT2D eigenvalue weighted by Gasteiger charge is -2.20. The van der Waals surface area contributed by atoms with Gasteiger partial charge in [-0.25, -0.2) is 0 Å². The van der Waals surface area contributed by atoms with Crippen LogP contribution in [-0.4, -0.2) is 25.0 Å². The average Bonchev–Trinajstić information content (AvgIpc) is 2.28. The van der Waals surface area contributed by atoms with E-state index in [0.29, 0.717) is 5.92 Å². The van der Waals surface area contributed by atoms with Gasteiger partial charge in [-0.2, -0.15) is 0 Å². The van der Waals surface area contributed by atoms with E-state index in [1.807, 2.05) is 13.2 Å². The van der Waals surface area contributed by atoms with Crippen molar-refractivity contribution in [2.75, 3.05) is 20.1 Å². The van der Waals surface area contributed by atoms with Crippen LogP contribution in [0.15, 0.2) is 36.7 Å². The van der Waals surface area contributed by atoms with Crippen molar-refractivity contribution in [1.29, 1.82) is 0 Å². The molecule has 0 aromatic heterocycles. The molecule has 0 fully saturated rings. The normalized spacial score (nSPS) is 14.1. The van der Waals surface area contributed by atoms with Gasteiger partial charge in [-0.15, -0.1) is 0 Å². The van der Waals surface area contributed by atoms with E-state index in [9.17, 15) is 0 Å². The SMILES string of the molecule is C=CN(CCC)C(/C=C\C(C)CNC)=C/C. The second-order valence-electron chi connectivity index (χ2n) is 3.98. The van der Waals surface area contributed by atoms with Gasteiger partial charge in [0.05, 0.1) is 0 Å². The Morgan fingerprint density at radius 2 is 2.19 bits per heavy atom. The highest BCUT2D eigenvalue weighted by Gasteiger charge is 2.01. The van der Waals surface area contributed by atoms with Crippen molar-refractivity contribution in [3.63, 3.8) is 0 Å². The van der Waals surface area contributed by atoms with Crippen LogP contribution < -0.4 is 5.32 Å². The zero-order valence-corrected chi connectivity index (χ0v) is 11.2. The molecule has 0 radical (unpaired) electrons. The highest BCUT2D eigenvalue weighted by Crippen LogP contribution is 2.09. The Morgan fingerprint density at radius 3 is 2.62 bits per heavy atom. The van der Waals surface area contributed by atoms with Crippen molar-refractivity contribution in [2.45, 2.75) is 27.2 Å². The van der Waals surface area contributed by atoms with Crippen LogP contribution in [0.3, 0.4) is 0 Å². The van der Waals surface area contributed by atoms with Crippen LogP contribution in [0, 0.1) is 5.92 Å². The second kappa shape index (κ2) is 9.22. The zero-order chi connectivity index (χ0) is 12.4. The fourth-order valence-corrected chi connectivity index (χ4v) is 1.58. The van der Waals surface area contributed by atoms with Gasteiger partial charge in [0.15, 0.2) is 0 Å². The Morgan fingerprint density at radius 1 is 1.50 bits per heavy atom. The van der Waals surface area contributed by atoms with Crippen LogP contribution in [0.25, 0.3) is 0 Å². The van der Waals surface area contributed by atoms with Crippen LogP contribution in [0.2, 0.25) is 0 Å². The summed E-state index contributed by atoms with van der Waals surface area (Å²) in [7, 11) is 1.98. The van der Waals surface area contributed by atoms with Gasteiger partial charge in [0.25, 0.3) is 0 Å². The summed E-state index contributed by atoms with van der Waals surface area (Å²) in [6, 6.07) is 0. The van der Waals surface area contributed by atoms with Crippen molar-refractivity contribution in [2.24, 2.45) is 5.92 Å². The molecule has 0 saturated carbocycles. The summed E-state index contributed by atoms with van der Waals surface area (Å²) in [5.74, 6) is 0.549. The van der Waals surface area contributed by atoms with E-state index in [-0.39, 0.29) is 0 Å². The van der Waals surface area contributed by atoms with Gasteiger partial charge >= 0.3 is 0 Å². The van der Waals surface area contributed by atoms with Crippen LogP contribution in [0.5, 0.6) is 0 Å². The molecule has 1 N–H and O–H groups in total. The monoisotopic (exact) mass is 222 g/mol. The molecule has 0 heterocycles. The highest BCUT2D eigenvalue weighted by molar-refractivity contribution is 5.19. The van der Waals surface area contributed by atoms with E-state index in [4.69, 9.17) is 0 Å². The molecular weight excluding hydrogens is 196 g/mol. The summed E-state index contributed by atoms with van der Waals surface area (Å²) < 4.78 is 0. The quantitative estimate of drug-likeness (QED) is 0.635. The predicted octanol–water partition coefficient (Wildman–Crippen LogP) is 3.16. The van der Waals surface area contributed by atoms with Crippen molar-refractivity contribution in [3.05, 3.63) is 36.7 Å². The third-order valence-electron chi connectivity index (χ3n) is 2.43. The Balaban J connectivity index is 4.44. The molecule has 0 aliphatic rings. The van der Waals surface area contributed by atoms with Gasteiger partial charge in [0, 0.05) is 18.8 Å². The summed E-state index contributed by atoms with van der Waals surface area (Å²) in [5.41, 5.74) is 1.22. The molecule has 2 heteroatoms. The molecule has 0 aliphatic heterocycles. The third-order valence-corrected chi connectivity index (χ3v) is 2.43. The molecule has 0 aromatic carbocycles. The maximum atomic E-state index is 3.85. The number of hydrogen-bond donors (Lipinski definition) is 1. The Hall–Kier alpha value is -1.02. The molecule has 92 valence electrons. The van der Waals surface area contributed by atoms with Crippen LogP contribution in [0.1, 0.15) is 27.2 Å². The molecule has 0 aromatic rings. The van der Waals surface area contributed by atoms with E-state index in [1.165, 1.54) is 5.70 Å². The fraction of sp³-hybridized carbons (Fsp3) is 0.571. The molecule has 0 bridgehead atoms. The predicted molar refractivity (Wildman–Crippen MR) is 73.2 cm³/mol. The number of hydrogen-bond acceptors (Lipinski definition) is 2. The van der Waals surface area contributed by atoms with Crippen LogP contribution in [-0.2, 0) is 0 Å². The standard InChI is InChI=1S/C14H26N2/c1-6-11-16(8-3)14(7-2)10-9-13(4)12-15-5/h7-10,13,15H,3,6,11-12H2,1-2,4-5H3/b10-9-,14-7+. The van der Waals surface area contributed by atoms with E-state index < -0.39 is 0 Å². The van der Waals surface area contributed by atoms with Gasteiger partial charge in [-0.05, 0) is 38.6 Å². The smallest absolute Gasteiger partial charge is 0.0359 e. The third kappa shape index (κ3) is 5.76. The summed E-state index contributed by atoms with van der Waals surface area (Å²) in [6.45, 7) is 12.3. The highest BCUT2D eigenvalue weighted by atomic mass is 15.1. The van der Waals surface area contributed by atoms with Gasteiger partial charge < -0.3 is 10.2 Å². The second-order valence-corrected chi connectivity index (χ2v) is 3.98. The van der Waals surface area contributed by atoms with Crippen LogP contribution in [0.4, 0.5) is 0 Å². The molecule has 0 amide bonds. The lowest BCUT2D eigenvalue weighted by molar-refractivity contribution is 0.475. The van der Waals surface area contributed by atoms with Crippen molar-refractivity contribution in [1.82, 2.24) is 10.2 Å². The van der Waals surface area contributed by atoms with E-state index in [2.05, 4.69) is 55.8 Å². The molecule has 0 saturated heterocycles. The maximum Gasteiger partial charge on any atom is 0.0359 e. The first kappa shape index (κ1) is 15.0. The molecule has 0 spiro atoms. The molecule has 2 nitrogen and oxygen atoms in total. The number of rotatable bonds is 8. The summed E-state index contributed by atoms with van der Waals surface area (Å²) in [5, 5.41) is 3.17. The Labute approximate surface area is 101 Å².